The highest BCUT2D eigenvalue weighted by molar-refractivity contribution is 5.97. The Morgan fingerprint density at radius 2 is 1.88 bits per heavy atom. The van der Waals surface area contributed by atoms with Crippen LogP contribution in [0.1, 0.15) is 30.6 Å². The molecule has 0 saturated carbocycles. The van der Waals surface area contributed by atoms with Crippen molar-refractivity contribution in [2.45, 2.75) is 20.3 Å². The molecule has 0 fully saturated rings. The van der Waals surface area contributed by atoms with Gasteiger partial charge in [0.1, 0.15) is 0 Å². The summed E-state index contributed by atoms with van der Waals surface area (Å²) in [6.07, 6.45) is 0.877. The number of ketones is 1. The predicted octanol–water partition coefficient (Wildman–Crippen LogP) is 3.18. The Hall–Kier alpha value is -1.15. The summed E-state index contributed by atoms with van der Waals surface area (Å²) in [4.78, 5) is 12.2. The lowest BCUT2D eigenvalue weighted by Gasteiger charge is -2.16. The van der Waals surface area contributed by atoms with Gasteiger partial charge in [-0.1, -0.05) is 44.2 Å². The molecule has 0 bridgehead atoms. The van der Waals surface area contributed by atoms with Crippen LogP contribution in [-0.2, 0) is 4.74 Å². The van der Waals surface area contributed by atoms with Crippen LogP contribution >= 0.6 is 0 Å². The number of rotatable bonds is 6. The zero-order valence-corrected chi connectivity index (χ0v) is 10.3. The number of ether oxygens (including phenoxy) is 1. The van der Waals surface area contributed by atoms with Gasteiger partial charge in [0.05, 0.1) is 6.61 Å². The molecule has 0 aromatic heterocycles. The lowest BCUT2D eigenvalue weighted by atomic mass is 9.90. The molecular formula is C14H20O2. The quantitative estimate of drug-likeness (QED) is 0.688. The summed E-state index contributed by atoms with van der Waals surface area (Å²) < 4.78 is 5.13. The molecule has 2 nitrogen and oxygen atoms in total. The van der Waals surface area contributed by atoms with E-state index in [1.54, 1.807) is 7.11 Å². The molecule has 0 radical (unpaired) electrons. The summed E-state index contributed by atoms with van der Waals surface area (Å²) in [5.41, 5.74) is 0.783. The minimum Gasteiger partial charge on any atom is -0.384 e. The molecule has 1 aromatic rings. The van der Waals surface area contributed by atoms with Crippen molar-refractivity contribution in [2.24, 2.45) is 11.8 Å². The summed E-state index contributed by atoms with van der Waals surface area (Å²) in [6.45, 7) is 4.76. The molecule has 0 N–H and O–H groups in total. The highest BCUT2D eigenvalue weighted by Crippen LogP contribution is 2.17. The first-order valence-corrected chi connectivity index (χ1v) is 5.73. The van der Waals surface area contributed by atoms with Crippen LogP contribution in [0.2, 0.25) is 0 Å². The van der Waals surface area contributed by atoms with Crippen LogP contribution in [0.5, 0.6) is 0 Å². The first-order valence-electron chi connectivity index (χ1n) is 5.73. The van der Waals surface area contributed by atoms with Crippen LogP contribution < -0.4 is 0 Å². The number of benzene rings is 1. The van der Waals surface area contributed by atoms with Crippen LogP contribution in [-0.4, -0.2) is 19.5 Å². The Bertz CT molecular complexity index is 317. The molecule has 0 aliphatic heterocycles. The molecule has 1 rings (SSSR count). The van der Waals surface area contributed by atoms with Crippen molar-refractivity contribution >= 4 is 5.78 Å². The Kier molecular flexibility index (Phi) is 5.20. The highest BCUT2D eigenvalue weighted by Gasteiger charge is 2.20. The van der Waals surface area contributed by atoms with Crippen LogP contribution in [0.15, 0.2) is 30.3 Å². The van der Waals surface area contributed by atoms with Crippen molar-refractivity contribution in [3.05, 3.63) is 35.9 Å². The molecule has 1 aromatic carbocycles. The number of carbonyl (C=O) groups excluding carboxylic acids is 1. The molecule has 0 amide bonds. The lowest BCUT2D eigenvalue weighted by Crippen LogP contribution is -2.21. The van der Waals surface area contributed by atoms with Crippen molar-refractivity contribution in [1.82, 2.24) is 0 Å². The van der Waals surface area contributed by atoms with Crippen molar-refractivity contribution in [2.75, 3.05) is 13.7 Å². The zero-order valence-electron chi connectivity index (χ0n) is 10.3. The van der Waals surface area contributed by atoms with Gasteiger partial charge >= 0.3 is 0 Å². The van der Waals surface area contributed by atoms with Gasteiger partial charge in [-0.15, -0.1) is 0 Å². The Morgan fingerprint density at radius 1 is 1.25 bits per heavy atom. The van der Waals surface area contributed by atoms with Gasteiger partial charge in [0, 0.05) is 18.6 Å². The van der Waals surface area contributed by atoms with E-state index in [4.69, 9.17) is 4.74 Å². The van der Waals surface area contributed by atoms with E-state index in [9.17, 15) is 4.79 Å². The van der Waals surface area contributed by atoms with Crippen LogP contribution in [0.3, 0.4) is 0 Å². The predicted molar refractivity (Wildman–Crippen MR) is 65.6 cm³/mol. The number of hydrogen-bond acceptors (Lipinski definition) is 2. The standard InChI is InChI=1S/C14H20O2/c1-11(2)9-13(10-16-3)14(15)12-7-5-4-6-8-12/h4-8,11,13H,9-10H2,1-3H3. The second-order valence-corrected chi connectivity index (χ2v) is 4.51. The Labute approximate surface area is 97.6 Å². The molecule has 1 atom stereocenters. The summed E-state index contributed by atoms with van der Waals surface area (Å²) in [7, 11) is 1.64. The van der Waals surface area contributed by atoms with E-state index >= 15 is 0 Å². The fraction of sp³-hybridized carbons (Fsp3) is 0.500. The smallest absolute Gasteiger partial charge is 0.168 e. The third-order valence-corrected chi connectivity index (χ3v) is 2.55. The third-order valence-electron chi connectivity index (χ3n) is 2.55. The molecule has 0 aliphatic carbocycles. The van der Waals surface area contributed by atoms with Gasteiger partial charge < -0.3 is 4.74 Å². The van der Waals surface area contributed by atoms with E-state index in [-0.39, 0.29) is 11.7 Å². The summed E-state index contributed by atoms with van der Waals surface area (Å²) >= 11 is 0. The number of carbonyl (C=O) groups is 1. The zero-order chi connectivity index (χ0) is 12.0. The first-order chi connectivity index (χ1) is 7.65. The topological polar surface area (TPSA) is 26.3 Å². The van der Waals surface area contributed by atoms with Gasteiger partial charge in [-0.2, -0.15) is 0 Å². The van der Waals surface area contributed by atoms with E-state index < -0.39 is 0 Å². The number of Topliss-reactive ketones (excluding diaryl/α,β-unsaturated/α-hetero) is 1. The van der Waals surface area contributed by atoms with Crippen molar-refractivity contribution in [1.29, 1.82) is 0 Å². The molecule has 1 unspecified atom stereocenters. The summed E-state index contributed by atoms with van der Waals surface area (Å²) in [5, 5.41) is 0. The molecule has 88 valence electrons. The van der Waals surface area contributed by atoms with Gasteiger partial charge in [-0.25, -0.2) is 0 Å². The van der Waals surface area contributed by atoms with Crippen molar-refractivity contribution in [3.8, 4) is 0 Å². The molecule has 0 aliphatic rings. The minimum absolute atomic E-state index is 0.0209. The van der Waals surface area contributed by atoms with Crippen molar-refractivity contribution in [3.63, 3.8) is 0 Å². The van der Waals surface area contributed by atoms with E-state index in [1.807, 2.05) is 30.3 Å². The van der Waals surface area contributed by atoms with Gasteiger partial charge in [0.15, 0.2) is 5.78 Å². The minimum atomic E-state index is -0.0209. The summed E-state index contributed by atoms with van der Waals surface area (Å²) in [6, 6.07) is 9.44. The average molecular weight is 220 g/mol. The van der Waals surface area contributed by atoms with Crippen LogP contribution in [0.25, 0.3) is 0 Å². The van der Waals surface area contributed by atoms with Crippen LogP contribution in [0.4, 0.5) is 0 Å². The molecule has 0 saturated heterocycles. The van der Waals surface area contributed by atoms with Gasteiger partial charge in [0.2, 0.25) is 0 Å². The fourth-order valence-corrected chi connectivity index (χ4v) is 1.86. The number of methoxy groups -OCH3 is 1. The Morgan fingerprint density at radius 3 is 2.38 bits per heavy atom. The average Bonchev–Trinajstić information content (AvgIpc) is 2.28. The van der Waals surface area contributed by atoms with E-state index in [1.165, 1.54) is 0 Å². The van der Waals surface area contributed by atoms with E-state index in [2.05, 4.69) is 13.8 Å². The second kappa shape index (κ2) is 6.44. The number of hydrogen-bond donors (Lipinski definition) is 0. The first kappa shape index (κ1) is 12.9. The molecule has 2 heteroatoms. The van der Waals surface area contributed by atoms with Gasteiger partial charge in [0.25, 0.3) is 0 Å². The maximum absolute atomic E-state index is 12.2. The largest absolute Gasteiger partial charge is 0.384 e. The Balaban J connectivity index is 2.74. The maximum atomic E-state index is 12.2. The van der Waals surface area contributed by atoms with Gasteiger partial charge in [-0.3, -0.25) is 4.79 Å². The van der Waals surface area contributed by atoms with Crippen molar-refractivity contribution < 1.29 is 9.53 Å². The monoisotopic (exact) mass is 220 g/mol. The molecule has 0 heterocycles. The fourth-order valence-electron chi connectivity index (χ4n) is 1.86. The maximum Gasteiger partial charge on any atom is 0.168 e. The highest BCUT2D eigenvalue weighted by atomic mass is 16.5. The van der Waals surface area contributed by atoms with E-state index in [0.717, 1.165) is 12.0 Å². The normalized spacial score (nSPS) is 12.8. The van der Waals surface area contributed by atoms with Gasteiger partial charge in [-0.05, 0) is 12.3 Å². The van der Waals surface area contributed by atoms with E-state index in [0.29, 0.717) is 12.5 Å². The SMILES string of the molecule is COCC(CC(C)C)C(=O)c1ccccc1. The molecule has 0 spiro atoms. The van der Waals surface area contributed by atoms with Crippen LogP contribution in [0, 0.1) is 11.8 Å². The summed E-state index contributed by atoms with van der Waals surface area (Å²) in [5.74, 6) is 0.677. The molecule has 16 heavy (non-hydrogen) atoms. The molecular weight excluding hydrogens is 200 g/mol. The third kappa shape index (κ3) is 3.78. The lowest BCUT2D eigenvalue weighted by molar-refractivity contribution is 0.0775. The second-order valence-electron chi connectivity index (χ2n) is 4.51.